The second kappa shape index (κ2) is 5.64. The van der Waals surface area contributed by atoms with Crippen molar-refractivity contribution in [1.82, 2.24) is 4.98 Å². The lowest BCUT2D eigenvalue weighted by Gasteiger charge is -2.12. The molecule has 0 spiro atoms. The van der Waals surface area contributed by atoms with E-state index in [1.807, 2.05) is 0 Å². The van der Waals surface area contributed by atoms with Gasteiger partial charge in [0, 0.05) is 11.3 Å². The number of sulfonamides is 1. The Morgan fingerprint density at radius 3 is 2.73 bits per heavy atom. The molecule has 0 saturated heterocycles. The van der Waals surface area contributed by atoms with Gasteiger partial charge in [-0.15, -0.1) is 0 Å². The minimum absolute atomic E-state index is 0.296. The van der Waals surface area contributed by atoms with E-state index in [9.17, 15) is 17.2 Å². The zero-order valence-corrected chi connectivity index (χ0v) is 12.4. The fourth-order valence-corrected chi connectivity index (χ4v) is 3.86. The summed E-state index contributed by atoms with van der Waals surface area (Å²) in [5.41, 5.74) is 1.76. The van der Waals surface area contributed by atoms with Gasteiger partial charge in [0.25, 0.3) is 16.4 Å². The van der Waals surface area contributed by atoms with Crippen LogP contribution in [0.15, 0.2) is 41.4 Å². The average Bonchev–Trinajstić information content (AvgIpc) is 2.94. The van der Waals surface area contributed by atoms with Crippen LogP contribution in [-0.4, -0.2) is 13.4 Å². The lowest BCUT2D eigenvalue weighted by molar-refractivity contribution is 0.148. The van der Waals surface area contributed by atoms with Gasteiger partial charge in [-0.05, 0) is 37.0 Å². The molecule has 1 aromatic heterocycles. The van der Waals surface area contributed by atoms with Crippen LogP contribution in [0.5, 0.6) is 0 Å². The average molecular weight is 324 g/mol. The highest BCUT2D eigenvalue weighted by Crippen LogP contribution is 2.28. The molecule has 0 amide bonds. The first-order valence-electron chi connectivity index (χ1n) is 6.85. The summed E-state index contributed by atoms with van der Waals surface area (Å²) in [6.45, 7) is 0. The number of benzene rings is 1. The van der Waals surface area contributed by atoms with Gasteiger partial charge in [0.1, 0.15) is 0 Å². The van der Waals surface area contributed by atoms with Crippen molar-refractivity contribution in [3.63, 3.8) is 0 Å². The van der Waals surface area contributed by atoms with Crippen molar-refractivity contribution in [1.29, 1.82) is 0 Å². The molecule has 1 N–H and O–H groups in total. The molecule has 22 heavy (non-hydrogen) atoms. The summed E-state index contributed by atoms with van der Waals surface area (Å²) in [5, 5.41) is 0. The third kappa shape index (κ3) is 2.81. The summed E-state index contributed by atoms with van der Waals surface area (Å²) < 4.78 is 53.0. The molecule has 1 heterocycles. The van der Waals surface area contributed by atoms with Gasteiger partial charge in [-0.3, -0.25) is 9.71 Å². The Kier molecular flexibility index (Phi) is 3.82. The van der Waals surface area contributed by atoms with Gasteiger partial charge in [0.15, 0.2) is 0 Å². The number of alkyl halides is 2. The van der Waals surface area contributed by atoms with E-state index in [0.29, 0.717) is 5.69 Å². The number of halogens is 2. The lowest BCUT2D eigenvalue weighted by Crippen LogP contribution is -2.15. The van der Waals surface area contributed by atoms with Crippen LogP contribution in [0.4, 0.5) is 14.5 Å². The fourth-order valence-electron chi connectivity index (χ4n) is 2.60. The maximum Gasteiger partial charge on any atom is 0.265 e. The standard InChI is InChI=1S/C15H14F2N2O2S/c16-15(17)12-5-1-2-7-14(12)22(20,21)19-11-8-10-4-3-6-13(10)18-9-11/h1-2,5,7-9,15,19H,3-4,6H2. The van der Waals surface area contributed by atoms with Crippen molar-refractivity contribution in [2.75, 3.05) is 4.72 Å². The summed E-state index contributed by atoms with van der Waals surface area (Å²) in [7, 11) is -4.08. The van der Waals surface area contributed by atoms with Crippen LogP contribution in [0, 0.1) is 0 Å². The van der Waals surface area contributed by atoms with Gasteiger partial charge in [0.2, 0.25) is 0 Å². The maximum atomic E-state index is 13.0. The molecule has 4 nitrogen and oxygen atoms in total. The van der Waals surface area contributed by atoms with E-state index < -0.39 is 26.9 Å². The Bertz CT molecular complexity index is 807. The summed E-state index contributed by atoms with van der Waals surface area (Å²) >= 11 is 0. The molecule has 0 radical (unpaired) electrons. The minimum Gasteiger partial charge on any atom is -0.278 e. The van der Waals surface area contributed by atoms with Crippen molar-refractivity contribution in [3.8, 4) is 0 Å². The summed E-state index contributed by atoms with van der Waals surface area (Å²) in [6.07, 6.45) is 1.30. The van der Waals surface area contributed by atoms with E-state index in [2.05, 4.69) is 9.71 Å². The van der Waals surface area contributed by atoms with Gasteiger partial charge in [-0.25, -0.2) is 17.2 Å². The largest absolute Gasteiger partial charge is 0.278 e. The molecule has 1 aliphatic rings. The van der Waals surface area contributed by atoms with Gasteiger partial charge in [0.05, 0.1) is 16.8 Å². The summed E-state index contributed by atoms with van der Waals surface area (Å²) in [6, 6.07) is 6.81. The van der Waals surface area contributed by atoms with Crippen molar-refractivity contribution in [2.45, 2.75) is 30.6 Å². The molecule has 0 saturated carbocycles. The van der Waals surface area contributed by atoms with Crippen LogP contribution in [0.3, 0.4) is 0 Å². The molecule has 0 aliphatic heterocycles. The van der Waals surface area contributed by atoms with Crippen molar-refractivity contribution in [2.24, 2.45) is 0 Å². The number of pyridine rings is 1. The molecular formula is C15H14F2N2O2S. The first-order chi connectivity index (χ1) is 10.5. The van der Waals surface area contributed by atoms with E-state index in [-0.39, 0.29) is 0 Å². The topological polar surface area (TPSA) is 59.1 Å². The monoisotopic (exact) mass is 324 g/mol. The molecule has 1 aromatic carbocycles. The first kappa shape index (κ1) is 14.9. The van der Waals surface area contributed by atoms with Gasteiger partial charge < -0.3 is 0 Å². The van der Waals surface area contributed by atoms with E-state index in [1.165, 1.54) is 24.4 Å². The Balaban J connectivity index is 1.94. The van der Waals surface area contributed by atoms with Crippen LogP contribution < -0.4 is 4.72 Å². The van der Waals surface area contributed by atoms with Gasteiger partial charge in [-0.1, -0.05) is 18.2 Å². The molecule has 7 heteroatoms. The Labute approximate surface area is 127 Å². The molecule has 0 atom stereocenters. The van der Waals surface area contributed by atoms with Crippen molar-refractivity contribution >= 4 is 15.7 Å². The molecule has 116 valence electrons. The van der Waals surface area contributed by atoms with Crippen molar-refractivity contribution in [3.05, 3.63) is 53.3 Å². The lowest BCUT2D eigenvalue weighted by atomic mass is 10.2. The number of anilines is 1. The third-order valence-corrected chi connectivity index (χ3v) is 5.07. The highest BCUT2D eigenvalue weighted by molar-refractivity contribution is 7.92. The number of aryl methyl sites for hydroxylation is 2. The summed E-state index contributed by atoms with van der Waals surface area (Å²) in [4.78, 5) is 3.81. The second-order valence-corrected chi connectivity index (χ2v) is 6.78. The van der Waals surface area contributed by atoms with Crippen LogP contribution in [0.25, 0.3) is 0 Å². The maximum absolute atomic E-state index is 13.0. The minimum atomic E-state index is -4.08. The number of aromatic nitrogens is 1. The van der Waals surface area contributed by atoms with E-state index in [4.69, 9.17) is 0 Å². The number of rotatable bonds is 4. The van der Waals surface area contributed by atoms with Gasteiger partial charge in [-0.2, -0.15) is 0 Å². The molecule has 2 aromatic rings. The molecular weight excluding hydrogens is 310 g/mol. The smallest absolute Gasteiger partial charge is 0.265 e. The Morgan fingerprint density at radius 2 is 1.95 bits per heavy atom. The molecule has 3 rings (SSSR count). The Morgan fingerprint density at radius 1 is 1.18 bits per heavy atom. The van der Waals surface area contributed by atoms with Crippen LogP contribution >= 0.6 is 0 Å². The predicted molar refractivity (Wildman–Crippen MR) is 78.5 cm³/mol. The molecule has 0 fully saturated rings. The normalized spacial score (nSPS) is 14.1. The Hall–Kier alpha value is -2.02. The number of nitrogens with zero attached hydrogens (tertiary/aromatic N) is 1. The number of fused-ring (bicyclic) bond motifs is 1. The summed E-state index contributed by atoms with van der Waals surface area (Å²) in [5.74, 6) is 0. The molecule has 1 aliphatic carbocycles. The number of hydrogen-bond donors (Lipinski definition) is 1. The molecule has 0 unspecified atom stereocenters. The van der Waals surface area contributed by atoms with E-state index in [1.54, 1.807) is 6.07 Å². The van der Waals surface area contributed by atoms with E-state index in [0.717, 1.165) is 36.6 Å². The molecule has 0 bridgehead atoms. The highest BCUT2D eigenvalue weighted by atomic mass is 32.2. The van der Waals surface area contributed by atoms with Crippen LogP contribution in [0.1, 0.15) is 29.7 Å². The van der Waals surface area contributed by atoms with E-state index >= 15 is 0 Å². The quantitative estimate of drug-likeness (QED) is 0.938. The zero-order chi connectivity index (χ0) is 15.7. The van der Waals surface area contributed by atoms with Gasteiger partial charge >= 0.3 is 0 Å². The fraction of sp³-hybridized carbons (Fsp3) is 0.267. The highest BCUT2D eigenvalue weighted by Gasteiger charge is 2.23. The third-order valence-electron chi connectivity index (χ3n) is 3.62. The van der Waals surface area contributed by atoms with Crippen LogP contribution in [-0.2, 0) is 22.9 Å². The number of nitrogens with one attached hydrogen (secondary N) is 1. The predicted octanol–water partition coefficient (Wildman–Crippen LogP) is 3.31. The van der Waals surface area contributed by atoms with Crippen molar-refractivity contribution < 1.29 is 17.2 Å². The zero-order valence-electron chi connectivity index (χ0n) is 11.6. The first-order valence-corrected chi connectivity index (χ1v) is 8.33. The second-order valence-electron chi connectivity index (χ2n) is 5.13. The van der Waals surface area contributed by atoms with Crippen LogP contribution in [0.2, 0.25) is 0 Å². The number of hydrogen-bond acceptors (Lipinski definition) is 3. The SMILES string of the molecule is O=S(=O)(Nc1cnc2c(c1)CCC2)c1ccccc1C(F)F.